The van der Waals surface area contributed by atoms with E-state index in [9.17, 15) is 0 Å². The molecule has 2 aromatic rings. The van der Waals surface area contributed by atoms with Crippen LogP contribution in [0.4, 0.5) is 0 Å². The SMILES string of the molecule is ClC[C@@H](c1ccccc1)n1cccc1. The maximum Gasteiger partial charge on any atom is 0.0715 e. The van der Waals surface area contributed by atoms with Crippen LogP contribution in [0.5, 0.6) is 0 Å². The van der Waals surface area contributed by atoms with E-state index < -0.39 is 0 Å². The summed E-state index contributed by atoms with van der Waals surface area (Å²) in [5.74, 6) is 0.596. The van der Waals surface area contributed by atoms with Crippen molar-refractivity contribution in [2.24, 2.45) is 0 Å². The smallest absolute Gasteiger partial charge is 0.0715 e. The molecule has 0 aliphatic carbocycles. The van der Waals surface area contributed by atoms with Gasteiger partial charge in [-0.15, -0.1) is 11.6 Å². The molecule has 0 amide bonds. The molecule has 2 rings (SSSR count). The van der Waals surface area contributed by atoms with Crippen molar-refractivity contribution in [2.75, 3.05) is 5.88 Å². The zero-order valence-corrected chi connectivity index (χ0v) is 8.56. The van der Waals surface area contributed by atoms with Gasteiger partial charge in [-0.2, -0.15) is 0 Å². The number of halogens is 1. The Labute approximate surface area is 88.9 Å². The quantitative estimate of drug-likeness (QED) is 0.678. The fourth-order valence-electron chi connectivity index (χ4n) is 1.57. The van der Waals surface area contributed by atoms with E-state index in [0.717, 1.165) is 0 Å². The molecular weight excluding hydrogens is 194 g/mol. The summed E-state index contributed by atoms with van der Waals surface area (Å²) < 4.78 is 2.13. The first-order valence-electron chi connectivity index (χ1n) is 4.65. The average Bonchev–Trinajstić information content (AvgIpc) is 2.74. The van der Waals surface area contributed by atoms with E-state index in [1.165, 1.54) is 5.56 Å². The molecule has 0 N–H and O–H groups in total. The van der Waals surface area contributed by atoms with Gasteiger partial charge < -0.3 is 4.57 Å². The molecule has 1 aromatic carbocycles. The minimum Gasteiger partial charge on any atom is -0.346 e. The van der Waals surface area contributed by atoms with E-state index in [1.807, 2.05) is 42.7 Å². The van der Waals surface area contributed by atoms with Crippen molar-refractivity contribution >= 4 is 11.6 Å². The topological polar surface area (TPSA) is 4.93 Å². The summed E-state index contributed by atoms with van der Waals surface area (Å²) in [6.07, 6.45) is 4.08. The van der Waals surface area contributed by atoms with Crippen molar-refractivity contribution in [2.45, 2.75) is 6.04 Å². The fourth-order valence-corrected chi connectivity index (χ4v) is 1.91. The minimum atomic E-state index is 0.243. The maximum atomic E-state index is 5.97. The van der Waals surface area contributed by atoms with Gasteiger partial charge in [-0.25, -0.2) is 0 Å². The van der Waals surface area contributed by atoms with Gasteiger partial charge in [0, 0.05) is 18.3 Å². The van der Waals surface area contributed by atoms with Crippen molar-refractivity contribution in [1.82, 2.24) is 4.57 Å². The summed E-state index contributed by atoms with van der Waals surface area (Å²) >= 11 is 5.97. The summed E-state index contributed by atoms with van der Waals surface area (Å²) in [6, 6.07) is 14.6. The Kier molecular flexibility index (Phi) is 2.90. The third kappa shape index (κ3) is 1.83. The Morgan fingerprint density at radius 2 is 1.64 bits per heavy atom. The van der Waals surface area contributed by atoms with Crippen LogP contribution >= 0.6 is 11.6 Å². The van der Waals surface area contributed by atoms with E-state index in [0.29, 0.717) is 5.88 Å². The highest BCUT2D eigenvalue weighted by molar-refractivity contribution is 6.18. The Balaban J connectivity index is 2.31. The fraction of sp³-hybridized carbons (Fsp3) is 0.167. The molecule has 0 spiro atoms. The zero-order chi connectivity index (χ0) is 9.80. The van der Waals surface area contributed by atoms with Gasteiger partial charge in [-0.3, -0.25) is 0 Å². The monoisotopic (exact) mass is 205 g/mol. The van der Waals surface area contributed by atoms with Gasteiger partial charge in [-0.1, -0.05) is 30.3 Å². The largest absolute Gasteiger partial charge is 0.346 e. The van der Waals surface area contributed by atoms with Gasteiger partial charge in [0.2, 0.25) is 0 Å². The third-order valence-electron chi connectivity index (χ3n) is 2.32. The Bertz CT molecular complexity index is 366. The average molecular weight is 206 g/mol. The van der Waals surface area contributed by atoms with E-state index in [2.05, 4.69) is 16.7 Å². The van der Waals surface area contributed by atoms with E-state index in [1.54, 1.807) is 0 Å². The molecule has 1 aromatic heterocycles. The van der Waals surface area contributed by atoms with Crippen LogP contribution in [-0.4, -0.2) is 10.4 Å². The summed E-state index contributed by atoms with van der Waals surface area (Å²) in [5.41, 5.74) is 1.25. The second kappa shape index (κ2) is 4.34. The van der Waals surface area contributed by atoms with E-state index in [4.69, 9.17) is 11.6 Å². The van der Waals surface area contributed by atoms with Gasteiger partial charge in [0.25, 0.3) is 0 Å². The predicted molar refractivity (Wildman–Crippen MR) is 59.7 cm³/mol. The number of aromatic nitrogens is 1. The van der Waals surface area contributed by atoms with Gasteiger partial charge in [0.15, 0.2) is 0 Å². The van der Waals surface area contributed by atoms with Crippen molar-refractivity contribution < 1.29 is 0 Å². The van der Waals surface area contributed by atoms with Gasteiger partial charge >= 0.3 is 0 Å². The van der Waals surface area contributed by atoms with E-state index >= 15 is 0 Å². The molecule has 0 aliphatic heterocycles. The predicted octanol–water partition coefficient (Wildman–Crippen LogP) is 3.32. The number of benzene rings is 1. The number of hydrogen-bond donors (Lipinski definition) is 0. The summed E-state index contributed by atoms with van der Waals surface area (Å²) in [7, 11) is 0. The molecule has 2 heteroatoms. The van der Waals surface area contributed by atoms with Crippen molar-refractivity contribution in [3.05, 3.63) is 60.4 Å². The van der Waals surface area contributed by atoms with Crippen LogP contribution in [0.3, 0.4) is 0 Å². The van der Waals surface area contributed by atoms with Gasteiger partial charge in [0.1, 0.15) is 0 Å². The highest BCUT2D eigenvalue weighted by Crippen LogP contribution is 2.19. The first kappa shape index (κ1) is 9.35. The molecule has 0 aliphatic rings. The molecule has 1 atom stereocenters. The third-order valence-corrected chi connectivity index (χ3v) is 2.61. The van der Waals surface area contributed by atoms with Crippen molar-refractivity contribution in [1.29, 1.82) is 0 Å². The van der Waals surface area contributed by atoms with Crippen LogP contribution in [0.25, 0.3) is 0 Å². The molecule has 0 bridgehead atoms. The maximum absolute atomic E-state index is 5.97. The highest BCUT2D eigenvalue weighted by atomic mass is 35.5. The molecule has 1 nitrogen and oxygen atoms in total. The lowest BCUT2D eigenvalue weighted by atomic mass is 10.1. The zero-order valence-electron chi connectivity index (χ0n) is 7.81. The normalized spacial score (nSPS) is 12.6. The van der Waals surface area contributed by atoms with Crippen molar-refractivity contribution in [3.63, 3.8) is 0 Å². The summed E-state index contributed by atoms with van der Waals surface area (Å²) in [6.45, 7) is 0. The molecule has 14 heavy (non-hydrogen) atoms. The molecular formula is C12H12ClN. The molecule has 0 fully saturated rings. The molecule has 0 saturated carbocycles. The molecule has 72 valence electrons. The molecule has 0 radical (unpaired) electrons. The first-order chi connectivity index (χ1) is 6.92. The van der Waals surface area contributed by atoms with Crippen LogP contribution < -0.4 is 0 Å². The number of rotatable bonds is 3. The highest BCUT2D eigenvalue weighted by Gasteiger charge is 2.09. The molecule has 0 unspecified atom stereocenters. The number of hydrogen-bond acceptors (Lipinski definition) is 0. The van der Waals surface area contributed by atoms with Crippen molar-refractivity contribution in [3.8, 4) is 0 Å². The number of nitrogens with zero attached hydrogens (tertiary/aromatic N) is 1. The number of alkyl halides is 1. The first-order valence-corrected chi connectivity index (χ1v) is 5.18. The summed E-state index contributed by atoms with van der Waals surface area (Å²) in [4.78, 5) is 0. The van der Waals surface area contributed by atoms with Crippen LogP contribution in [0.2, 0.25) is 0 Å². The van der Waals surface area contributed by atoms with Gasteiger partial charge in [0.05, 0.1) is 6.04 Å². The Morgan fingerprint density at radius 3 is 2.21 bits per heavy atom. The van der Waals surface area contributed by atoms with Crippen LogP contribution in [-0.2, 0) is 0 Å². The van der Waals surface area contributed by atoms with Crippen LogP contribution in [0, 0.1) is 0 Å². The lowest BCUT2D eigenvalue weighted by molar-refractivity contribution is 0.649. The molecule has 0 saturated heterocycles. The van der Waals surface area contributed by atoms with E-state index in [-0.39, 0.29) is 6.04 Å². The Morgan fingerprint density at radius 1 is 1.00 bits per heavy atom. The van der Waals surface area contributed by atoms with Crippen LogP contribution in [0.1, 0.15) is 11.6 Å². The second-order valence-electron chi connectivity index (χ2n) is 3.21. The lowest BCUT2D eigenvalue weighted by Gasteiger charge is -2.16. The van der Waals surface area contributed by atoms with Crippen LogP contribution in [0.15, 0.2) is 54.9 Å². The second-order valence-corrected chi connectivity index (χ2v) is 3.52. The molecule has 1 heterocycles. The summed E-state index contributed by atoms with van der Waals surface area (Å²) in [5, 5.41) is 0. The minimum absolute atomic E-state index is 0.243. The standard InChI is InChI=1S/C12H12ClN/c13-10-12(14-8-4-5-9-14)11-6-2-1-3-7-11/h1-9,12H,10H2/t12-/m0/s1. The lowest BCUT2D eigenvalue weighted by Crippen LogP contribution is -2.09. The van der Waals surface area contributed by atoms with Gasteiger partial charge in [-0.05, 0) is 17.7 Å². The Hall–Kier alpha value is -1.21.